The molecule has 0 aromatic carbocycles. The molecule has 0 amide bonds. The normalized spacial score (nSPS) is 16.1. The maximum Gasteiger partial charge on any atom is 0.169 e. The van der Waals surface area contributed by atoms with Crippen molar-refractivity contribution in [1.82, 2.24) is 14.7 Å². The molecule has 5 nitrogen and oxygen atoms in total. The smallest absolute Gasteiger partial charge is 0.169 e. The van der Waals surface area contributed by atoms with E-state index in [4.69, 9.17) is 5.26 Å². The van der Waals surface area contributed by atoms with Crippen LogP contribution >= 0.6 is 0 Å². The summed E-state index contributed by atoms with van der Waals surface area (Å²) in [6.45, 7) is 2.12. The Kier molecular flexibility index (Phi) is 2.68. The molecular weight excluding hydrogens is 190 g/mol. The molecule has 0 saturated carbocycles. The Balaban J connectivity index is 2.15. The predicted molar refractivity (Wildman–Crippen MR) is 56.9 cm³/mol. The number of hydrogen-bond acceptors (Lipinski definition) is 3. The molecule has 1 aliphatic rings. The molecule has 1 aromatic heterocycles. The van der Waals surface area contributed by atoms with Crippen LogP contribution in [-0.2, 0) is 7.05 Å². The van der Waals surface area contributed by atoms with Crippen LogP contribution in [0, 0.1) is 11.3 Å². The lowest BCUT2D eigenvalue weighted by Crippen LogP contribution is -2.16. The molecule has 5 heteroatoms. The number of hydrogen-bond donors (Lipinski definition) is 0. The predicted octanol–water partition coefficient (Wildman–Crippen LogP) is 1.05. The van der Waals surface area contributed by atoms with Crippen LogP contribution in [0.4, 0.5) is 5.82 Å². The van der Waals surface area contributed by atoms with E-state index in [0.717, 1.165) is 13.1 Å². The minimum absolute atomic E-state index is 0.521. The van der Waals surface area contributed by atoms with E-state index in [9.17, 15) is 0 Å². The monoisotopic (exact) mass is 203 g/mol. The molecule has 1 saturated heterocycles. The highest BCUT2D eigenvalue weighted by Gasteiger charge is 2.09. The molecule has 1 fully saturated rings. The van der Waals surface area contributed by atoms with E-state index in [2.05, 4.69) is 21.1 Å². The first-order chi connectivity index (χ1) is 7.31. The van der Waals surface area contributed by atoms with Crippen LogP contribution in [0.2, 0.25) is 0 Å². The zero-order valence-electron chi connectivity index (χ0n) is 8.72. The molecule has 0 atom stereocenters. The third-order valence-electron chi connectivity index (χ3n) is 2.51. The first-order valence-corrected chi connectivity index (χ1v) is 5.01. The summed E-state index contributed by atoms with van der Waals surface area (Å²) in [4.78, 5) is 6.46. The fourth-order valence-electron chi connectivity index (χ4n) is 1.66. The van der Waals surface area contributed by atoms with Crippen molar-refractivity contribution >= 4 is 12.2 Å². The molecule has 15 heavy (non-hydrogen) atoms. The molecule has 0 radical (unpaired) electrons. The first-order valence-electron chi connectivity index (χ1n) is 5.01. The Labute approximate surface area is 88.6 Å². The van der Waals surface area contributed by atoms with Gasteiger partial charge in [-0.25, -0.2) is 9.67 Å². The SMILES string of the molecule is Cn1ncc(C#N)c1/N=C/N1CCCC1. The van der Waals surface area contributed by atoms with Gasteiger partial charge >= 0.3 is 0 Å². The minimum Gasteiger partial charge on any atom is -0.363 e. The highest BCUT2D eigenvalue weighted by atomic mass is 15.3. The summed E-state index contributed by atoms with van der Waals surface area (Å²) in [6.07, 6.45) is 5.80. The molecule has 0 unspecified atom stereocenters. The van der Waals surface area contributed by atoms with Crippen molar-refractivity contribution in [1.29, 1.82) is 5.26 Å². The Morgan fingerprint density at radius 1 is 1.53 bits per heavy atom. The summed E-state index contributed by atoms with van der Waals surface area (Å²) < 4.78 is 1.62. The van der Waals surface area contributed by atoms with Crippen LogP contribution in [0.3, 0.4) is 0 Å². The molecule has 2 rings (SSSR count). The van der Waals surface area contributed by atoms with Crippen molar-refractivity contribution in [2.45, 2.75) is 12.8 Å². The molecule has 2 heterocycles. The fraction of sp³-hybridized carbons (Fsp3) is 0.500. The van der Waals surface area contributed by atoms with Gasteiger partial charge in [0.15, 0.2) is 5.82 Å². The number of nitriles is 1. The van der Waals surface area contributed by atoms with Gasteiger partial charge in [0.25, 0.3) is 0 Å². The molecule has 1 aliphatic heterocycles. The molecule has 1 aromatic rings. The van der Waals surface area contributed by atoms with Gasteiger partial charge in [-0.15, -0.1) is 0 Å². The summed E-state index contributed by atoms with van der Waals surface area (Å²) in [6, 6.07) is 2.08. The lowest BCUT2D eigenvalue weighted by atomic mass is 10.4. The third kappa shape index (κ3) is 1.99. The highest BCUT2D eigenvalue weighted by molar-refractivity contribution is 5.63. The lowest BCUT2D eigenvalue weighted by Gasteiger charge is -2.08. The number of aryl methyl sites for hydroxylation is 1. The van der Waals surface area contributed by atoms with Crippen LogP contribution in [0.25, 0.3) is 0 Å². The fourth-order valence-corrected chi connectivity index (χ4v) is 1.66. The summed E-state index contributed by atoms with van der Waals surface area (Å²) >= 11 is 0. The largest absolute Gasteiger partial charge is 0.363 e. The summed E-state index contributed by atoms with van der Waals surface area (Å²) in [7, 11) is 1.79. The van der Waals surface area contributed by atoms with Gasteiger partial charge in [0.1, 0.15) is 11.6 Å². The van der Waals surface area contributed by atoms with E-state index in [-0.39, 0.29) is 0 Å². The standard InChI is InChI=1S/C10H13N5/c1-14-10(9(6-11)7-13-14)12-8-15-4-2-3-5-15/h7-8H,2-5H2,1H3/b12-8+. The van der Waals surface area contributed by atoms with Gasteiger partial charge in [0, 0.05) is 20.1 Å². The van der Waals surface area contributed by atoms with E-state index < -0.39 is 0 Å². The van der Waals surface area contributed by atoms with Gasteiger partial charge in [-0.3, -0.25) is 0 Å². The number of nitrogens with zero attached hydrogens (tertiary/aromatic N) is 5. The van der Waals surface area contributed by atoms with Crippen LogP contribution in [0.15, 0.2) is 11.2 Å². The average Bonchev–Trinajstić information content (AvgIpc) is 2.84. The van der Waals surface area contributed by atoms with Crippen molar-refractivity contribution in [3.63, 3.8) is 0 Å². The highest BCUT2D eigenvalue weighted by Crippen LogP contribution is 2.16. The molecule has 0 aliphatic carbocycles. The third-order valence-corrected chi connectivity index (χ3v) is 2.51. The molecule has 0 N–H and O–H groups in total. The van der Waals surface area contributed by atoms with Crippen LogP contribution in [-0.4, -0.2) is 34.1 Å². The number of aromatic nitrogens is 2. The zero-order chi connectivity index (χ0) is 10.7. The second-order valence-electron chi connectivity index (χ2n) is 3.60. The van der Waals surface area contributed by atoms with Crippen molar-refractivity contribution in [3.8, 4) is 6.07 Å². The van der Waals surface area contributed by atoms with Gasteiger partial charge in [-0.1, -0.05) is 0 Å². The zero-order valence-corrected chi connectivity index (χ0v) is 8.72. The van der Waals surface area contributed by atoms with Crippen molar-refractivity contribution < 1.29 is 0 Å². The summed E-state index contributed by atoms with van der Waals surface area (Å²) in [5.41, 5.74) is 0.521. The second-order valence-corrected chi connectivity index (χ2v) is 3.60. The molecule has 78 valence electrons. The van der Waals surface area contributed by atoms with E-state index in [0.29, 0.717) is 11.4 Å². The Morgan fingerprint density at radius 2 is 2.27 bits per heavy atom. The topological polar surface area (TPSA) is 57.2 Å². The average molecular weight is 203 g/mol. The first kappa shape index (κ1) is 9.71. The summed E-state index contributed by atoms with van der Waals surface area (Å²) in [5.74, 6) is 0.629. The number of rotatable bonds is 2. The van der Waals surface area contributed by atoms with Crippen molar-refractivity contribution in [2.75, 3.05) is 13.1 Å². The van der Waals surface area contributed by atoms with E-state index in [1.807, 2.05) is 6.34 Å². The van der Waals surface area contributed by atoms with Gasteiger partial charge in [0.2, 0.25) is 0 Å². The van der Waals surface area contributed by atoms with Crippen LogP contribution < -0.4 is 0 Å². The van der Waals surface area contributed by atoms with E-state index in [1.54, 1.807) is 11.7 Å². The Hall–Kier alpha value is -1.83. The number of likely N-dealkylation sites (tertiary alicyclic amines) is 1. The van der Waals surface area contributed by atoms with Gasteiger partial charge < -0.3 is 4.90 Å². The molecule has 0 spiro atoms. The Bertz CT molecular complexity index is 406. The van der Waals surface area contributed by atoms with E-state index in [1.165, 1.54) is 19.0 Å². The van der Waals surface area contributed by atoms with Gasteiger partial charge in [-0.2, -0.15) is 10.4 Å². The lowest BCUT2D eigenvalue weighted by molar-refractivity contribution is 0.535. The van der Waals surface area contributed by atoms with Crippen LogP contribution in [0.1, 0.15) is 18.4 Å². The quantitative estimate of drug-likeness (QED) is 0.533. The second kappa shape index (κ2) is 4.13. The molecule has 0 bridgehead atoms. The van der Waals surface area contributed by atoms with Gasteiger partial charge in [0.05, 0.1) is 12.5 Å². The maximum atomic E-state index is 8.83. The van der Waals surface area contributed by atoms with Crippen molar-refractivity contribution in [3.05, 3.63) is 11.8 Å². The van der Waals surface area contributed by atoms with Crippen molar-refractivity contribution in [2.24, 2.45) is 12.0 Å². The van der Waals surface area contributed by atoms with Gasteiger partial charge in [-0.05, 0) is 12.8 Å². The van der Waals surface area contributed by atoms with E-state index >= 15 is 0 Å². The van der Waals surface area contributed by atoms with Crippen LogP contribution in [0.5, 0.6) is 0 Å². The Morgan fingerprint density at radius 3 is 2.93 bits per heavy atom. The number of aliphatic imine (C=N–C) groups is 1. The molecular formula is C10H13N5. The minimum atomic E-state index is 0.521. The summed E-state index contributed by atoms with van der Waals surface area (Å²) in [5, 5.41) is 12.8. The maximum absolute atomic E-state index is 8.83.